The zero-order valence-corrected chi connectivity index (χ0v) is 7.63. The van der Waals surface area contributed by atoms with Crippen LogP contribution < -0.4 is 5.32 Å². The summed E-state index contributed by atoms with van der Waals surface area (Å²) in [5, 5.41) is 2.09. The number of hydrogen-bond acceptors (Lipinski definition) is 2. The first kappa shape index (κ1) is 10.6. The molecule has 0 saturated carbocycles. The van der Waals surface area contributed by atoms with Gasteiger partial charge in [0.25, 0.3) is 11.8 Å². The van der Waals surface area contributed by atoms with Crippen molar-refractivity contribution in [2.45, 2.75) is 12.8 Å². The second-order valence-electron chi connectivity index (χ2n) is 2.97. The van der Waals surface area contributed by atoms with Crippen molar-refractivity contribution in [3.05, 3.63) is 30.1 Å². The van der Waals surface area contributed by atoms with E-state index in [1.807, 2.05) is 0 Å². The minimum Gasteiger partial charge on any atom is -0.345 e. The molecule has 0 aromatic carbocycles. The fourth-order valence-electron chi connectivity index (χ4n) is 0.823. The van der Waals surface area contributed by atoms with Crippen molar-refractivity contribution in [1.29, 1.82) is 0 Å². The Morgan fingerprint density at radius 1 is 1.57 bits per heavy atom. The van der Waals surface area contributed by atoms with Gasteiger partial charge in [-0.25, -0.2) is 8.78 Å². The predicted octanol–water partition coefficient (Wildman–Crippen LogP) is 1.47. The number of aromatic nitrogens is 1. The summed E-state index contributed by atoms with van der Waals surface area (Å²) in [5.41, 5.74) is 0.136. The molecule has 76 valence electrons. The van der Waals surface area contributed by atoms with Crippen molar-refractivity contribution in [3.8, 4) is 0 Å². The lowest BCUT2D eigenvalue weighted by Crippen LogP contribution is -2.34. The van der Waals surface area contributed by atoms with Gasteiger partial charge in [-0.05, 0) is 12.1 Å². The van der Waals surface area contributed by atoms with E-state index in [0.29, 0.717) is 0 Å². The molecule has 0 aliphatic rings. The lowest BCUT2D eigenvalue weighted by molar-refractivity contribution is 0.0220. The van der Waals surface area contributed by atoms with Crippen LogP contribution in [0.15, 0.2) is 24.4 Å². The minimum atomic E-state index is -2.90. The molecule has 1 amide bonds. The molecule has 0 aliphatic carbocycles. The number of amides is 1. The van der Waals surface area contributed by atoms with Crippen LogP contribution in [0.3, 0.4) is 0 Å². The fourth-order valence-corrected chi connectivity index (χ4v) is 0.823. The lowest BCUT2D eigenvalue weighted by Gasteiger charge is -2.10. The average molecular weight is 200 g/mol. The molecule has 5 heteroatoms. The fraction of sp³-hybridized carbons (Fsp3) is 0.333. The molecule has 0 spiro atoms. The third-order valence-corrected chi connectivity index (χ3v) is 1.46. The second kappa shape index (κ2) is 4.13. The molecule has 1 aromatic heterocycles. The molecule has 0 aliphatic heterocycles. The highest BCUT2D eigenvalue weighted by atomic mass is 19.3. The molecule has 0 atom stereocenters. The first-order valence-corrected chi connectivity index (χ1v) is 4.06. The predicted molar refractivity (Wildman–Crippen MR) is 47.2 cm³/mol. The van der Waals surface area contributed by atoms with E-state index in [9.17, 15) is 13.6 Å². The molecule has 3 nitrogen and oxygen atoms in total. The standard InChI is InChI=1S/C9H10F2N2O/c1-9(10,11)6-13-8(14)7-4-2-3-5-12-7/h2-5H,6H2,1H3,(H,13,14). The molecule has 0 radical (unpaired) electrons. The van der Waals surface area contributed by atoms with E-state index in [1.54, 1.807) is 12.1 Å². The van der Waals surface area contributed by atoms with Crippen LogP contribution in [0.2, 0.25) is 0 Å². The molecule has 0 fully saturated rings. The Morgan fingerprint density at radius 2 is 2.29 bits per heavy atom. The van der Waals surface area contributed by atoms with Crippen LogP contribution in [0.1, 0.15) is 17.4 Å². The summed E-state index contributed by atoms with van der Waals surface area (Å²) in [7, 11) is 0. The van der Waals surface area contributed by atoms with Gasteiger partial charge in [-0.2, -0.15) is 0 Å². The number of carbonyl (C=O) groups is 1. The number of nitrogens with zero attached hydrogens (tertiary/aromatic N) is 1. The van der Waals surface area contributed by atoms with Gasteiger partial charge in [0.2, 0.25) is 0 Å². The summed E-state index contributed by atoms with van der Waals surface area (Å²) in [5.74, 6) is -3.49. The van der Waals surface area contributed by atoms with Gasteiger partial charge in [-0.15, -0.1) is 0 Å². The summed E-state index contributed by atoms with van der Waals surface area (Å²) in [6.07, 6.45) is 1.43. The molecule has 1 rings (SSSR count). The first-order valence-electron chi connectivity index (χ1n) is 4.06. The quantitative estimate of drug-likeness (QED) is 0.802. The van der Waals surface area contributed by atoms with Crippen molar-refractivity contribution in [3.63, 3.8) is 0 Å². The summed E-state index contributed by atoms with van der Waals surface area (Å²) >= 11 is 0. The van der Waals surface area contributed by atoms with Gasteiger partial charge in [-0.1, -0.05) is 6.07 Å². The number of pyridine rings is 1. The van der Waals surface area contributed by atoms with E-state index in [1.165, 1.54) is 12.3 Å². The van der Waals surface area contributed by atoms with Gasteiger partial charge >= 0.3 is 0 Å². The van der Waals surface area contributed by atoms with E-state index in [4.69, 9.17) is 0 Å². The van der Waals surface area contributed by atoms with E-state index in [2.05, 4.69) is 10.3 Å². The smallest absolute Gasteiger partial charge is 0.270 e. The molecule has 1 heterocycles. The normalized spacial score (nSPS) is 11.1. The molecule has 0 saturated heterocycles. The van der Waals surface area contributed by atoms with E-state index >= 15 is 0 Å². The Bertz CT molecular complexity index is 308. The zero-order valence-electron chi connectivity index (χ0n) is 7.63. The van der Waals surface area contributed by atoms with Gasteiger partial charge in [0, 0.05) is 13.1 Å². The van der Waals surface area contributed by atoms with Gasteiger partial charge in [0.05, 0.1) is 6.54 Å². The van der Waals surface area contributed by atoms with E-state index < -0.39 is 18.4 Å². The summed E-state index contributed by atoms with van der Waals surface area (Å²) in [6.45, 7) is 0.0636. The number of halogens is 2. The second-order valence-corrected chi connectivity index (χ2v) is 2.97. The van der Waals surface area contributed by atoms with Crippen LogP contribution in [0.25, 0.3) is 0 Å². The number of rotatable bonds is 3. The van der Waals surface area contributed by atoms with Crippen LogP contribution >= 0.6 is 0 Å². The van der Waals surface area contributed by atoms with Crippen LogP contribution in [-0.4, -0.2) is 23.4 Å². The monoisotopic (exact) mass is 200 g/mol. The van der Waals surface area contributed by atoms with E-state index in [0.717, 1.165) is 6.92 Å². The molecule has 14 heavy (non-hydrogen) atoms. The Balaban J connectivity index is 2.52. The summed E-state index contributed by atoms with van der Waals surface area (Å²) in [4.78, 5) is 14.9. The number of carbonyl (C=O) groups excluding carboxylic acids is 1. The SMILES string of the molecule is CC(F)(F)CNC(=O)c1ccccn1. The van der Waals surface area contributed by atoms with E-state index in [-0.39, 0.29) is 5.69 Å². The molecular formula is C9H10F2N2O. The lowest BCUT2D eigenvalue weighted by atomic mass is 10.3. The summed E-state index contributed by atoms with van der Waals surface area (Å²) in [6, 6.07) is 4.72. The number of nitrogens with one attached hydrogen (secondary N) is 1. The maximum absolute atomic E-state index is 12.4. The minimum absolute atomic E-state index is 0.136. The van der Waals surface area contributed by atoms with Gasteiger partial charge in [0.15, 0.2) is 0 Å². The van der Waals surface area contributed by atoms with Gasteiger partial charge < -0.3 is 5.32 Å². The van der Waals surface area contributed by atoms with Gasteiger partial charge in [-0.3, -0.25) is 9.78 Å². The molecule has 0 bridgehead atoms. The molecule has 1 N–H and O–H groups in total. The summed E-state index contributed by atoms with van der Waals surface area (Å²) < 4.78 is 24.7. The van der Waals surface area contributed by atoms with Gasteiger partial charge in [0.1, 0.15) is 5.69 Å². The zero-order chi connectivity index (χ0) is 10.6. The molecule has 0 unspecified atom stereocenters. The topological polar surface area (TPSA) is 42.0 Å². The van der Waals surface area contributed by atoms with Crippen LogP contribution in [-0.2, 0) is 0 Å². The Kier molecular flexibility index (Phi) is 3.11. The van der Waals surface area contributed by atoms with Crippen molar-refractivity contribution in [2.24, 2.45) is 0 Å². The number of hydrogen-bond donors (Lipinski definition) is 1. The third-order valence-electron chi connectivity index (χ3n) is 1.46. The highest BCUT2D eigenvalue weighted by Gasteiger charge is 2.22. The molecular weight excluding hydrogens is 190 g/mol. The van der Waals surface area contributed by atoms with Crippen LogP contribution in [0.5, 0.6) is 0 Å². The van der Waals surface area contributed by atoms with Crippen molar-refractivity contribution >= 4 is 5.91 Å². The highest BCUT2D eigenvalue weighted by molar-refractivity contribution is 5.92. The number of alkyl halides is 2. The maximum Gasteiger partial charge on any atom is 0.270 e. The van der Waals surface area contributed by atoms with Crippen molar-refractivity contribution in [1.82, 2.24) is 10.3 Å². The maximum atomic E-state index is 12.4. The molecule has 1 aromatic rings. The third kappa shape index (κ3) is 3.47. The van der Waals surface area contributed by atoms with Crippen molar-refractivity contribution < 1.29 is 13.6 Å². The Morgan fingerprint density at radius 3 is 2.79 bits per heavy atom. The highest BCUT2D eigenvalue weighted by Crippen LogP contribution is 2.09. The first-order chi connectivity index (χ1) is 6.49. The van der Waals surface area contributed by atoms with Crippen molar-refractivity contribution in [2.75, 3.05) is 6.54 Å². The van der Waals surface area contributed by atoms with Crippen LogP contribution in [0.4, 0.5) is 8.78 Å². The largest absolute Gasteiger partial charge is 0.345 e. The Hall–Kier alpha value is -1.52. The Labute approximate surface area is 80.2 Å². The average Bonchev–Trinajstić information content (AvgIpc) is 2.14. The van der Waals surface area contributed by atoms with Crippen LogP contribution in [0, 0.1) is 0 Å².